The summed E-state index contributed by atoms with van der Waals surface area (Å²) in [7, 11) is 1.59. The van der Waals surface area contributed by atoms with Gasteiger partial charge in [0, 0.05) is 11.6 Å². The molecule has 0 spiro atoms. The Morgan fingerprint density at radius 3 is 2.81 bits per heavy atom. The zero-order chi connectivity index (χ0) is 19.4. The molecule has 11 heteroatoms. The van der Waals surface area contributed by atoms with E-state index >= 15 is 0 Å². The second-order valence-corrected chi connectivity index (χ2v) is 7.92. The first-order chi connectivity index (χ1) is 13.0. The van der Waals surface area contributed by atoms with Crippen LogP contribution in [0, 0.1) is 6.92 Å². The monoisotopic (exact) mass is 424 g/mol. The van der Waals surface area contributed by atoms with Crippen molar-refractivity contribution < 1.29 is 9.53 Å². The van der Waals surface area contributed by atoms with Gasteiger partial charge < -0.3 is 9.30 Å². The van der Waals surface area contributed by atoms with Crippen LogP contribution in [0.15, 0.2) is 23.4 Å². The van der Waals surface area contributed by atoms with Gasteiger partial charge in [-0.2, -0.15) is 0 Å². The van der Waals surface area contributed by atoms with Crippen molar-refractivity contribution in [3.05, 3.63) is 28.2 Å². The Morgan fingerprint density at radius 1 is 1.33 bits per heavy atom. The van der Waals surface area contributed by atoms with Crippen molar-refractivity contribution in [2.45, 2.75) is 25.5 Å². The fourth-order valence-corrected chi connectivity index (χ4v) is 3.95. The van der Waals surface area contributed by atoms with Crippen LogP contribution in [0.1, 0.15) is 11.9 Å². The maximum atomic E-state index is 12.1. The van der Waals surface area contributed by atoms with Crippen molar-refractivity contribution in [3.8, 4) is 17.1 Å². The second-order valence-electron chi connectivity index (χ2n) is 5.36. The second kappa shape index (κ2) is 8.68. The highest BCUT2D eigenvalue weighted by molar-refractivity contribution is 7.99. The van der Waals surface area contributed by atoms with Gasteiger partial charge in [0.05, 0.1) is 18.4 Å². The van der Waals surface area contributed by atoms with Crippen molar-refractivity contribution in [1.82, 2.24) is 25.0 Å². The molecule has 27 heavy (non-hydrogen) atoms. The number of thioether (sulfide) groups is 1. The quantitative estimate of drug-likeness (QED) is 0.579. The zero-order valence-electron chi connectivity index (χ0n) is 14.9. The number of anilines is 1. The maximum absolute atomic E-state index is 12.1. The number of halogens is 1. The summed E-state index contributed by atoms with van der Waals surface area (Å²) in [6.07, 6.45) is 0. The first kappa shape index (κ1) is 19.6. The van der Waals surface area contributed by atoms with Gasteiger partial charge in [0.2, 0.25) is 11.0 Å². The van der Waals surface area contributed by atoms with Crippen LogP contribution >= 0.6 is 34.7 Å². The number of hydrogen-bond donors (Lipinski definition) is 1. The molecule has 0 bridgehead atoms. The van der Waals surface area contributed by atoms with Gasteiger partial charge in [-0.15, -0.1) is 20.4 Å². The van der Waals surface area contributed by atoms with E-state index in [2.05, 4.69) is 25.7 Å². The van der Waals surface area contributed by atoms with Crippen molar-refractivity contribution in [2.75, 3.05) is 18.2 Å². The molecule has 142 valence electrons. The van der Waals surface area contributed by atoms with Gasteiger partial charge in [0.15, 0.2) is 11.0 Å². The minimum absolute atomic E-state index is 0.177. The van der Waals surface area contributed by atoms with Gasteiger partial charge in [-0.05, 0) is 32.0 Å². The van der Waals surface area contributed by atoms with Crippen LogP contribution in [0.5, 0.6) is 5.75 Å². The molecule has 0 aliphatic heterocycles. The standard InChI is InChI=1S/C16H17ClN6O2S2/c1-4-23-14(11-7-10(17)5-6-12(11)25-3)20-22-16(23)26-8-13(24)18-15-21-19-9(2)27-15/h5-7H,4,8H2,1-3H3,(H,18,21,24). The van der Waals surface area contributed by atoms with E-state index < -0.39 is 0 Å². The van der Waals surface area contributed by atoms with Crippen LogP contribution < -0.4 is 10.1 Å². The molecule has 0 radical (unpaired) electrons. The van der Waals surface area contributed by atoms with Crippen LogP contribution in [0.4, 0.5) is 5.13 Å². The lowest BCUT2D eigenvalue weighted by molar-refractivity contribution is -0.113. The molecule has 1 aromatic carbocycles. The minimum Gasteiger partial charge on any atom is -0.496 e. The van der Waals surface area contributed by atoms with Crippen LogP contribution in [-0.4, -0.2) is 43.7 Å². The summed E-state index contributed by atoms with van der Waals surface area (Å²) in [5.74, 6) is 1.30. The Morgan fingerprint density at radius 2 is 2.15 bits per heavy atom. The summed E-state index contributed by atoms with van der Waals surface area (Å²) in [4.78, 5) is 12.1. The van der Waals surface area contributed by atoms with E-state index in [0.29, 0.717) is 33.4 Å². The number of carbonyl (C=O) groups is 1. The number of nitrogens with zero attached hydrogens (tertiary/aromatic N) is 5. The number of aromatic nitrogens is 5. The van der Waals surface area contributed by atoms with Crippen molar-refractivity contribution in [2.24, 2.45) is 0 Å². The van der Waals surface area contributed by atoms with Gasteiger partial charge in [0.25, 0.3) is 0 Å². The number of rotatable bonds is 7. The summed E-state index contributed by atoms with van der Waals surface area (Å²) in [6, 6.07) is 5.33. The first-order valence-electron chi connectivity index (χ1n) is 8.01. The average molecular weight is 425 g/mol. The van der Waals surface area contributed by atoms with E-state index in [4.69, 9.17) is 16.3 Å². The topological polar surface area (TPSA) is 94.8 Å². The molecule has 0 atom stereocenters. The fraction of sp³-hybridized carbons (Fsp3) is 0.312. The number of nitrogens with one attached hydrogen (secondary N) is 1. The van der Waals surface area contributed by atoms with E-state index in [1.807, 2.05) is 18.4 Å². The molecule has 2 heterocycles. The van der Waals surface area contributed by atoms with E-state index in [-0.39, 0.29) is 11.7 Å². The highest BCUT2D eigenvalue weighted by atomic mass is 35.5. The molecule has 3 rings (SSSR count). The Bertz CT molecular complexity index is 958. The Balaban J connectivity index is 1.76. The van der Waals surface area contributed by atoms with Gasteiger partial charge in [0.1, 0.15) is 10.8 Å². The minimum atomic E-state index is -0.177. The fourth-order valence-electron chi connectivity index (χ4n) is 2.37. The molecule has 0 saturated carbocycles. The van der Waals surface area contributed by atoms with E-state index in [1.165, 1.54) is 23.1 Å². The van der Waals surface area contributed by atoms with E-state index in [0.717, 1.165) is 10.6 Å². The zero-order valence-corrected chi connectivity index (χ0v) is 17.3. The molecule has 0 fully saturated rings. The van der Waals surface area contributed by atoms with E-state index in [1.54, 1.807) is 25.3 Å². The SMILES string of the molecule is CCn1c(SCC(=O)Nc2nnc(C)s2)nnc1-c1cc(Cl)ccc1OC. The van der Waals surface area contributed by atoms with Crippen LogP contribution in [0.3, 0.4) is 0 Å². The number of hydrogen-bond acceptors (Lipinski definition) is 8. The van der Waals surface area contributed by atoms with Gasteiger partial charge >= 0.3 is 0 Å². The number of amides is 1. The Labute approximate surface area is 169 Å². The van der Waals surface area contributed by atoms with Gasteiger partial charge in [-0.25, -0.2) is 0 Å². The van der Waals surface area contributed by atoms with Crippen LogP contribution in [0.2, 0.25) is 5.02 Å². The molecule has 0 aliphatic rings. The lowest BCUT2D eigenvalue weighted by Gasteiger charge is -2.10. The normalized spacial score (nSPS) is 10.8. The lowest BCUT2D eigenvalue weighted by Crippen LogP contribution is -2.14. The smallest absolute Gasteiger partial charge is 0.236 e. The third-order valence-electron chi connectivity index (χ3n) is 3.54. The number of benzene rings is 1. The predicted molar refractivity (Wildman–Crippen MR) is 107 cm³/mol. The third-order valence-corrected chi connectivity index (χ3v) is 5.50. The van der Waals surface area contributed by atoms with Gasteiger partial charge in [-0.1, -0.05) is 34.7 Å². The third kappa shape index (κ3) is 4.57. The summed E-state index contributed by atoms with van der Waals surface area (Å²) >= 11 is 8.75. The first-order valence-corrected chi connectivity index (χ1v) is 10.2. The summed E-state index contributed by atoms with van der Waals surface area (Å²) in [6.45, 7) is 4.45. The molecule has 0 saturated heterocycles. The summed E-state index contributed by atoms with van der Waals surface area (Å²) < 4.78 is 7.33. The molecular weight excluding hydrogens is 408 g/mol. The molecule has 1 N–H and O–H groups in total. The van der Waals surface area contributed by atoms with Crippen molar-refractivity contribution in [3.63, 3.8) is 0 Å². The molecule has 3 aromatic rings. The average Bonchev–Trinajstić information content (AvgIpc) is 3.25. The number of carbonyl (C=O) groups excluding carboxylic acids is 1. The van der Waals surface area contributed by atoms with Gasteiger partial charge in [-0.3, -0.25) is 10.1 Å². The number of aryl methyl sites for hydroxylation is 1. The van der Waals surface area contributed by atoms with Crippen LogP contribution in [-0.2, 0) is 11.3 Å². The van der Waals surface area contributed by atoms with Crippen molar-refractivity contribution in [1.29, 1.82) is 0 Å². The summed E-state index contributed by atoms with van der Waals surface area (Å²) in [5, 5.41) is 21.5. The lowest BCUT2D eigenvalue weighted by atomic mass is 10.2. The van der Waals surface area contributed by atoms with Crippen molar-refractivity contribution >= 4 is 45.7 Å². The molecule has 1 amide bonds. The summed E-state index contributed by atoms with van der Waals surface area (Å²) in [5.41, 5.74) is 0.750. The Hall–Kier alpha value is -2.17. The molecule has 2 aromatic heterocycles. The molecule has 0 aliphatic carbocycles. The van der Waals surface area contributed by atoms with Crippen LogP contribution in [0.25, 0.3) is 11.4 Å². The number of methoxy groups -OCH3 is 1. The Kier molecular flexibility index (Phi) is 6.30. The number of ether oxygens (including phenoxy) is 1. The largest absolute Gasteiger partial charge is 0.496 e. The highest BCUT2D eigenvalue weighted by Gasteiger charge is 2.18. The van der Waals surface area contributed by atoms with E-state index in [9.17, 15) is 4.79 Å². The highest BCUT2D eigenvalue weighted by Crippen LogP contribution is 2.33. The predicted octanol–water partition coefficient (Wildman–Crippen LogP) is 3.52. The molecule has 0 unspecified atom stereocenters. The molecule has 8 nitrogen and oxygen atoms in total. The molecular formula is C16H17ClN6O2S2. The maximum Gasteiger partial charge on any atom is 0.236 e.